The molecule has 1 aromatic heterocycles. The first kappa shape index (κ1) is 12.8. The fourth-order valence-electron chi connectivity index (χ4n) is 1.68. The molecule has 94 valence electrons. The van der Waals surface area contributed by atoms with Crippen molar-refractivity contribution in [3.63, 3.8) is 0 Å². The lowest BCUT2D eigenvalue weighted by Gasteiger charge is -2.05. The van der Waals surface area contributed by atoms with E-state index >= 15 is 0 Å². The number of rotatable bonds is 2. The van der Waals surface area contributed by atoms with Gasteiger partial charge >= 0.3 is 5.97 Å². The van der Waals surface area contributed by atoms with Gasteiger partial charge in [0.1, 0.15) is 0 Å². The fourth-order valence-corrected chi connectivity index (χ4v) is 2.52. The van der Waals surface area contributed by atoms with Gasteiger partial charge in [0.25, 0.3) is 0 Å². The van der Waals surface area contributed by atoms with Crippen molar-refractivity contribution in [1.29, 1.82) is 0 Å². The van der Waals surface area contributed by atoms with Gasteiger partial charge in [-0.2, -0.15) is 0 Å². The fraction of sp³-hybridized carbons (Fsp3) is 0.286. The molecule has 0 unspecified atom stereocenters. The first-order valence-electron chi connectivity index (χ1n) is 5.71. The molecule has 0 saturated heterocycles. The maximum Gasteiger partial charge on any atom is 0.309 e. The molecule has 0 fully saturated rings. The molecule has 1 heterocycles. The molecule has 2 aromatic rings. The van der Waals surface area contributed by atoms with Crippen molar-refractivity contribution in [2.45, 2.75) is 27.7 Å². The van der Waals surface area contributed by atoms with Crippen LogP contribution in [-0.4, -0.2) is 11.0 Å². The van der Waals surface area contributed by atoms with E-state index in [1.54, 1.807) is 0 Å². The quantitative estimate of drug-likeness (QED) is 0.774. The van der Waals surface area contributed by atoms with Gasteiger partial charge in [0, 0.05) is 6.92 Å². The number of thiazole rings is 1. The Kier molecular flexibility index (Phi) is 3.48. The molecule has 0 atom stereocenters. The number of aryl methyl sites for hydroxylation is 3. The highest BCUT2D eigenvalue weighted by molar-refractivity contribution is 7.15. The van der Waals surface area contributed by atoms with Crippen LogP contribution in [0.1, 0.15) is 23.1 Å². The minimum Gasteiger partial charge on any atom is -0.406 e. The van der Waals surface area contributed by atoms with Gasteiger partial charge in [0.2, 0.25) is 5.88 Å². The summed E-state index contributed by atoms with van der Waals surface area (Å²) in [7, 11) is 0. The van der Waals surface area contributed by atoms with Gasteiger partial charge in [0.05, 0.1) is 9.88 Å². The highest BCUT2D eigenvalue weighted by Crippen LogP contribution is 2.36. The summed E-state index contributed by atoms with van der Waals surface area (Å²) in [5.41, 5.74) is 3.50. The van der Waals surface area contributed by atoms with Crippen LogP contribution in [0.15, 0.2) is 18.2 Å². The SMILES string of the molecule is CC(=O)Oc1nc(C)sc1-c1ccc(C)c(C)c1. The molecule has 0 aliphatic carbocycles. The van der Waals surface area contributed by atoms with Crippen molar-refractivity contribution in [3.8, 4) is 16.3 Å². The molecule has 0 aliphatic rings. The Labute approximate surface area is 110 Å². The van der Waals surface area contributed by atoms with Crippen LogP contribution in [0.25, 0.3) is 10.4 Å². The highest BCUT2D eigenvalue weighted by atomic mass is 32.1. The Hall–Kier alpha value is -1.68. The Morgan fingerprint density at radius 1 is 1.22 bits per heavy atom. The van der Waals surface area contributed by atoms with E-state index in [9.17, 15) is 4.79 Å². The second kappa shape index (κ2) is 4.90. The average molecular weight is 261 g/mol. The summed E-state index contributed by atoms with van der Waals surface area (Å²) < 4.78 is 5.15. The van der Waals surface area contributed by atoms with Crippen molar-refractivity contribution in [1.82, 2.24) is 4.98 Å². The topological polar surface area (TPSA) is 39.2 Å². The maximum atomic E-state index is 11.1. The minimum absolute atomic E-state index is 0.342. The highest BCUT2D eigenvalue weighted by Gasteiger charge is 2.14. The number of aromatic nitrogens is 1. The lowest BCUT2D eigenvalue weighted by atomic mass is 10.1. The number of nitrogens with zero attached hydrogens (tertiary/aromatic N) is 1. The second-order valence-corrected chi connectivity index (χ2v) is 5.46. The normalized spacial score (nSPS) is 10.4. The third-order valence-corrected chi connectivity index (χ3v) is 3.71. The number of ether oxygens (including phenoxy) is 1. The smallest absolute Gasteiger partial charge is 0.309 e. The average Bonchev–Trinajstić information content (AvgIpc) is 2.62. The van der Waals surface area contributed by atoms with E-state index in [1.807, 2.05) is 13.0 Å². The summed E-state index contributed by atoms with van der Waals surface area (Å²) in [4.78, 5) is 16.2. The van der Waals surface area contributed by atoms with E-state index in [0.717, 1.165) is 15.4 Å². The van der Waals surface area contributed by atoms with Crippen molar-refractivity contribution in [2.75, 3.05) is 0 Å². The van der Waals surface area contributed by atoms with Gasteiger partial charge in [-0.15, -0.1) is 11.3 Å². The Balaban J connectivity index is 2.49. The molecular formula is C14H15NO2S. The van der Waals surface area contributed by atoms with Crippen LogP contribution >= 0.6 is 11.3 Å². The molecule has 0 radical (unpaired) electrons. The predicted octanol–water partition coefficient (Wildman–Crippen LogP) is 3.66. The molecule has 0 bridgehead atoms. The molecule has 4 heteroatoms. The van der Waals surface area contributed by atoms with Crippen LogP contribution in [-0.2, 0) is 4.79 Å². The van der Waals surface area contributed by atoms with Gasteiger partial charge in [0.15, 0.2) is 0 Å². The van der Waals surface area contributed by atoms with Crippen LogP contribution in [0.4, 0.5) is 0 Å². The van der Waals surface area contributed by atoms with Crippen LogP contribution in [0.5, 0.6) is 5.88 Å². The zero-order chi connectivity index (χ0) is 13.3. The van der Waals surface area contributed by atoms with Crippen molar-refractivity contribution in [2.24, 2.45) is 0 Å². The first-order chi connectivity index (χ1) is 8.47. The lowest BCUT2D eigenvalue weighted by Crippen LogP contribution is -2.02. The van der Waals surface area contributed by atoms with Crippen molar-refractivity contribution in [3.05, 3.63) is 34.3 Å². The van der Waals surface area contributed by atoms with Crippen molar-refractivity contribution < 1.29 is 9.53 Å². The van der Waals surface area contributed by atoms with E-state index < -0.39 is 0 Å². The van der Waals surface area contributed by atoms with E-state index in [-0.39, 0.29) is 5.97 Å². The molecule has 0 spiro atoms. The second-order valence-electron chi connectivity index (χ2n) is 4.26. The molecule has 0 amide bonds. The third-order valence-electron chi connectivity index (χ3n) is 2.71. The molecular weight excluding hydrogens is 246 g/mol. The Morgan fingerprint density at radius 2 is 1.94 bits per heavy atom. The van der Waals surface area contributed by atoms with Crippen molar-refractivity contribution >= 4 is 17.3 Å². The monoisotopic (exact) mass is 261 g/mol. The van der Waals surface area contributed by atoms with E-state index in [2.05, 4.69) is 31.0 Å². The van der Waals surface area contributed by atoms with Gasteiger partial charge < -0.3 is 4.74 Å². The molecule has 3 nitrogen and oxygen atoms in total. The van der Waals surface area contributed by atoms with Crippen LogP contribution < -0.4 is 4.74 Å². The van der Waals surface area contributed by atoms with Gasteiger partial charge in [-0.05, 0) is 37.5 Å². The summed E-state index contributed by atoms with van der Waals surface area (Å²) in [5.74, 6) is 0.0682. The van der Waals surface area contributed by atoms with E-state index in [1.165, 1.54) is 29.4 Å². The number of hydrogen-bond donors (Lipinski definition) is 0. The zero-order valence-corrected chi connectivity index (χ0v) is 11.7. The van der Waals surface area contributed by atoms with Crippen LogP contribution in [0.3, 0.4) is 0 Å². The largest absolute Gasteiger partial charge is 0.406 e. The summed E-state index contributed by atoms with van der Waals surface area (Å²) in [6, 6.07) is 6.19. The summed E-state index contributed by atoms with van der Waals surface area (Å²) in [5, 5.41) is 0.888. The molecule has 0 aliphatic heterocycles. The van der Waals surface area contributed by atoms with E-state index in [0.29, 0.717) is 5.88 Å². The number of carbonyl (C=O) groups excluding carboxylic acids is 1. The molecule has 18 heavy (non-hydrogen) atoms. The third kappa shape index (κ3) is 2.59. The molecule has 1 aromatic carbocycles. The number of hydrogen-bond acceptors (Lipinski definition) is 4. The Bertz CT molecular complexity index is 602. The summed E-state index contributed by atoms with van der Waals surface area (Å²) in [6.07, 6.45) is 0. The lowest BCUT2D eigenvalue weighted by molar-refractivity contribution is -0.132. The van der Waals surface area contributed by atoms with Gasteiger partial charge in [-0.1, -0.05) is 18.2 Å². The molecule has 2 rings (SSSR count). The molecule has 0 N–H and O–H groups in total. The summed E-state index contributed by atoms with van der Waals surface area (Å²) >= 11 is 1.54. The Morgan fingerprint density at radius 3 is 2.56 bits per heavy atom. The number of esters is 1. The number of benzene rings is 1. The minimum atomic E-state index is -0.342. The van der Waals surface area contributed by atoms with Gasteiger partial charge in [-0.3, -0.25) is 4.79 Å². The van der Waals surface area contributed by atoms with E-state index in [4.69, 9.17) is 4.74 Å². The summed E-state index contributed by atoms with van der Waals surface area (Å²) in [6.45, 7) is 7.43. The predicted molar refractivity (Wildman–Crippen MR) is 73.1 cm³/mol. The first-order valence-corrected chi connectivity index (χ1v) is 6.52. The van der Waals surface area contributed by atoms with Crippen LogP contribution in [0.2, 0.25) is 0 Å². The number of carbonyl (C=O) groups is 1. The maximum absolute atomic E-state index is 11.1. The van der Waals surface area contributed by atoms with Gasteiger partial charge in [-0.25, -0.2) is 4.98 Å². The zero-order valence-electron chi connectivity index (χ0n) is 10.9. The standard InChI is InChI=1S/C14H15NO2S/c1-8-5-6-12(7-9(8)2)13-14(17-11(4)16)15-10(3)18-13/h5-7H,1-4H3. The molecule has 0 saturated carbocycles. The van der Waals surface area contributed by atoms with Crippen LogP contribution in [0, 0.1) is 20.8 Å².